The van der Waals surface area contributed by atoms with Gasteiger partial charge in [0.25, 0.3) is 0 Å². The summed E-state index contributed by atoms with van der Waals surface area (Å²) in [5.74, 6) is -0.904. The molecule has 0 aromatic carbocycles. The summed E-state index contributed by atoms with van der Waals surface area (Å²) in [4.78, 5) is 24.0. The topological polar surface area (TPSA) is 69.6 Å². The number of carbonyl (C=O) groups excluding carboxylic acids is 1. The van der Waals surface area contributed by atoms with E-state index < -0.39 is 12.0 Å². The van der Waals surface area contributed by atoms with E-state index >= 15 is 0 Å². The molecule has 1 aliphatic carbocycles. The molecule has 1 aliphatic heterocycles. The molecule has 1 saturated heterocycles. The van der Waals surface area contributed by atoms with Crippen molar-refractivity contribution in [3.8, 4) is 0 Å². The van der Waals surface area contributed by atoms with Crippen LogP contribution in [0.25, 0.3) is 0 Å². The van der Waals surface area contributed by atoms with Crippen molar-refractivity contribution in [2.75, 3.05) is 6.54 Å². The van der Waals surface area contributed by atoms with Crippen molar-refractivity contribution in [2.24, 2.45) is 0 Å². The molecule has 2 amide bonds. The molecule has 1 atom stereocenters. The van der Waals surface area contributed by atoms with Crippen molar-refractivity contribution >= 4 is 12.0 Å². The summed E-state index contributed by atoms with van der Waals surface area (Å²) in [5.41, 5.74) is 0. The van der Waals surface area contributed by atoms with E-state index in [9.17, 15) is 9.59 Å². The van der Waals surface area contributed by atoms with Gasteiger partial charge < -0.3 is 15.3 Å². The average Bonchev–Trinajstić information content (AvgIpc) is 2.61. The number of carbonyl (C=O) groups is 2. The fourth-order valence-electron chi connectivity index (χ4n) is 2.50. The van der Waals surface area contributed by atoms with Crippen LogP contribution in [-0.2, 0) is 4.79 Å². The largest absolute Gasteiger partial charge is 0.480 e. The van der Waals surface area contributed by atoms with Gasteiger partial charge >= 0.3 is 12.0 Å². The second-order valence-electron chi connectivity index (χ2n) is 4.24. The number of hydrogen-bond acceptors (Lipinski definition) is 2. The summed E-state index contributed by atoms with van der Waals surface area (Å²) >= 11 is 0. The van der Waals surface area contributed by atoms with Crippen LogP contribution in [0.1, 0.15) is 32.1 Å². The lowest BCUT2D eigenvalue weighted by atomic mass is 9.93. The zero-order chi connectivity index (χ0) is 10.8. The Labute approximate surface area is 88.4 Å². The summed E-state index contributed by atoms with van der Waals surface area (Å²) in [6.45, 7) is 0.241. The number of nitrogens with one attached hydrogen (secondary N) is 1. The molecule has 1 saturated carbocycles. The molecular weight excluding hydrogens is 196 g/mol. The van der Waals surface area contributed by atoms with Crippen molar-refractivity contribution < 1.29 is 14.7 Å². The molecule has 84 valence electrons. The molecule has 2 N–H and O–H groups in total. The lowest BCUT2D eigenvalue weighted by Crippen LogP contribution is -2.47. The van der Waals surface area contributed by atoms with E-state index in [0.717, 1.165) is 25.7 Å². The average molecular weight is 212 g/mol. The predicted molar refractivity (Wildman–Crippen MR) is 53.5 cm³/mol. The maximum atomic E-state index is 11.5. The third-order valence-electron chi connectivity index (χ3n) is 3.27. The van der Waals surface area contributed by atoms with Crippen LogP contribution in [0.15, 0.2) is 0 Å². The van der Waals surface area contributed by atoms with Gasteiger partial charge in [-0.25, -0.2) is 9.59 Å². The fourth-order valence-corrected chi connectivity index (χ4v) is 2.50. The highest BCUT2D eigenvalue weighted by atomic mass is 16.4. The number of aliphatic carboxylic acids is 1. The fraction of sp³-hybridized carbons (Fsp3) is 0.800. The molecule has 0 spiro atoms. The van der Waals surface area contributed by atoms with E-state index in [0.29, 0.717) is 0 Å². The minimum atomic E-state index is -0.904. The van der Waals surface area contributed by atoms with Crippen LogP contribution in [0, 0.1) is 0 Å². The Balaban J connectivity index is 2.09. The minimum Gasteiger partial charge on any atom is -0.480 e. The van der Waals surface area contributed by atoms with Gasteiger partial charge in [0.15, 0.2) is 0 Å². The van der Waals surface area contributed by atoms with Crippen LogP contribution in [0.5, 0.6) is 0 Å². The first-order valence-electron chi connectivity index (χ1n) is 5.49. The molecule has 5 nitrogen and oxygen atoms in total. The van der Waals surface area contributed by atoms with Crippen LogP contribution in [0.2, 0.25) is 0 Å². The van der Waals surface area contributed by atoms with Gasteiger partial charge in [-0.15, -0.1) is 0 Å². The van der Waals surface area contributed by atoms with Crippen LogP contribution < -0.4 is 5.32 Å². The molecule has 0 aromatic rings. The van der Waals surface area contributed by atoms with Crippen LogP contribution in [0.4, 0.5) is 4.79 Å². The van der Waals surface area contributed by atoms with Crippen molar-refractivity contribution in [3.05, 3.63) is 0 Å². The second kappa shape index (κ2) is 4.08. The molecule has 1 unspecified atom stereocenters. The van der Waals surface area contributed by atoms with Gasteiger partial charge in [0.05, 0.1) is 6.54 Å². The Bertz CT molecular complexity index is 274. The number of carboxylic acids is 1. The Morgan fingerprint density at radius 3 is 2.60 bits per heavy atom. The van der Waals surface area contributed by atoms with Gasteiger partial charge in [-0.2, -0.15) is 0 Å². The van der Waals surface area contributed by atoms with Gasteiger partial charge in [-0.1, -0.05) is 19.3 Å². The van der Waals surface area contributed by atoms with Crippen LogP contribution in [-0.4, -0.2) is 40.6 Å². The van der Waals surface area contributed by atoms with E-state index in [2.05, 4.69) is 5.32 Å². The lowest BCUT2D eigenvalue weighted by Gasteiger charge is -2.32. The maximum absolute atomic E-state index is 11.5. The Morgan fingerprint density at radius 1 is 1.33 bits per heavy atom. The summed E-state index contributed by atoms with van der Waals surface area (Å²) in [6, 6.07) is -0.753. The summed E-state index contributed by atoms with van der Waals surface area (Å²) in [6.07, 6.45) is 5.28. The van der Waals surface area contributed by atoms with E-state index in [1.165, 1.54) is 11.3 Å². The van der Waals surface area contributed by atoms with E-state index in [-0.39, 0.29) is 18.6 Å². The third kappa shape index (κ3) is 1.91. The molecular formula is C10H16N2O3. The number of amides is 2. The normalized spacial score (nSPS) is 27.9. The van der Waals surface area contributed by atoms with Gasteiger partial charge in [-0.3, -0.25) is 0 Å². The van der Waals surface area contributed by atoms with Crippen molar-refractivity contribution in [1.82, 2.24) is 10.2 Å². The number of carboxylic acid groups (broad SMARTS) is 1. The SMILES string of the molecule is O=C(O)C1CNC(=O)N1C1CCCCC1. The molecule has 2 rings (SSSR count). The number of nitrogens with zero attached hydrogens (tertiary/aromatic N) is 1. The number of rotatable bonds is 2. The minimum absolute atomic E-state index is 0.127. The van der Waals surface area contributed by atoms with Gasteiger partial charge in [0.2, 0.25) is 0 Å². The molecule has 2 fully saturated rings. The molecule has 0 bridgehead atoms. The second-order valence-corrected chi connectivity index (χ2v) is 4.24. The predicted octanol–water partition coefficient (Wildman–Crippen LogP) is 0.797. The standard InChI is InChI=1S/C10H16N2O3/c13-9(14)8-6-11-10(15)12(8)7-4-2-1-3-5-7/h7-8H,1-6H2,(H,11,15)(H,13,14). The third-order valence-corrected chi connectivity index (χ3v) is 3.27. The summed E-state index contributed by atoms with van der Waals surface area (Å²) in [7, 11) is 0. The molecule has 1 heterocycles. The maximum Gasteiger partial charge on any atom is 0.328 e. The van der Waals surface area contributed by atoms with Crippen molar-refractivity contribution in [2.45, 2.75) is 44.2 Å². The molecule has 2 aliphatic rings. The first kappa shape index (κ1) is 10.3. The monoisotopic (exact) mass is 212 g/mol. The first-order valence-corrected chi connectivity index (χ1v) is 5.49. The number of hydrogen-bond donors (Lipinski definition) is 2. The molecule has 15 heavy (non-hydrogen) atoms. The van der Waals surface area contributed by atoms with Gasteiger partial charge in [0, 0.05) is 6.04 Å². The van der Waals surface area contributed by atoms with Crippen LogP contribution >= 0.6 is 0 Å². The first-order chi connectivity index (χ1) is 7.20. The molecule has 0 aromatic heterocycles. The highest BCUT2D eigenvalue weighted by molar-refractivity contribution is 5.86. The quantitative estimate of drug-likeness (QED) is 0.711. The highest BCUT2D eigenvalue weighted by Gasteiger charge is 2.40. The molecule has 5 heteroatoms. The Kier molecular flexibility index (Phi) is 2.79. The van der Waals surface area contributed by atoms with Crippen molar-refractivity contribution in [3.63, 3.8) is 0 Å². The van der Waals surface area contributed by atoms with E-state index in [1.54, 1.807) is 0 Å². The highest BCUT2D eigenvalue weighted by Crippen LogP contribution is 2.25. The van der Waals surface area contributed by atoms with E-state index in [1.807, 2.05) is 0 Å². The van der Waals surface area contributed by atoms with Crippen molar-refractivity contribution in [1.29, 1.82) is 0 Å². The Morgan fingerprint density at radius 2 is 2.00 bits per heavy atom. The number of urea groups is 1. The van der Waals surface area contributed by atoms with E-state index in [4.69, 9.17) is 5.11 Å². The zero-order valence-electron chi connectivity index (χ0n) is 8.61. The van der Waals surface area contributed by atoms with Crippen LogP contribution in [0.3, 0.4) is 0 Å². The summed E-state index contributed by atoms with van der Waals surface area (Å²) < 4.78 is 0. The Hall–Kier alpha value is -1.26. The molecule has 0 radical (unpaired) electrons. The zero-order valence-corrected chi connectivity index (χ0v) is 8.61. The van der Waals surface area contributed by atoms with Gasteiger partial charge in [-0.05, 0) is 12.8 Å². The lowest BCUT2D eigenvalue weighted by molar-refractivity contribution is -0.141. The van der Waals surface area contributed by atoms with Gasteiger partial charge in [0.1, 0.15) is 6.04 Å². The smallest absolute Gasteiger partial charge is 0.328 e. The summed E-state index contributed by atoms with van der Waals surface area (Å²) in [5, 5.41) is 11.6.